The highest BCUT2D eigenvalue weighted by Crippen LogP contribution is 2.33. The van der Waals surface area contributed by atoms with Crippen molar-refractivity contribution in [2.45, 2.75) is 26.3 Å². The van der Waals surface area contributed by atoms with Crippen LogP contribution in [0.25, 0.3) is 11.1 Å². The number of fused-ring (bicyclic) bond motifs is 1. The molecule has 1 aromatic carbocycles. The van der Waals surface area contributed by atoms with Crippen LogP contribution in [0.2, 0.25) is 0 Å². The number of hydrogen-bond donors (Lipinski definition) is 1. The Morgan fingerprint density at radius 3 is 2.76 bits per heavy atom. The van der Waals surface area contributed by atoms with Gasteiger partial charge in [-0.25, -0.2) is 4.98 Å². The highest BCUT2D eigenvalue weighted by Gasteiger charge is 2.10. The molecule has 0 bridgehead atoms. The molecular formula is C15H14Br2N2OS. The minimum absolute atomic E-state index is 0.301. The van der Waals surface area contributed by atoms with Gasteiger partial charge in [-0.2, -0.15) is 0 Å². The molecule has 0 saturated carbocycles. The van der Waals surface area contributed by atoms with E-state index in [2.05, 4.69) is 62.1 Å². The van der Waals surface area contributed by atoms with Gasteiger partial charge in [-0.15, -0.1) is 11.3 Å². The van der Waals surface area contributed by atoms with E-state index in [9.17, 15) is 0 Å². The van der Waals surface area contributed by atoms with Crippen molar-refractivity contribution in [2.24, 2.45) is 0 Å². The number of oxazole rings is 1. The van der Waals surface area contributed by atoms with Crippen LogP contribution in [-0.2, 0) is 6.54 Å². The maximum atomic E-state index is 5.72. The van der Waals surface area contributed by atoms with E-state index in [0.29, 0.717) is 5.92 Å². The van der Waals surface area contributed by atoms with Crippen molar-refractivity contribution in [1.82, 2.24) is 4.98 Å². The maximum Gasteiger partial charge on any atom is 0.198 e. The standard InChI is InChI=1S/C15H14Br2N2OS/c1-8(2)15-19-12-5-9(3-4-13(12)20-15)18-7-10-6-11(16)14(17)21-10/h3-6,8,18H,7H2,1-2H3. The lowest BCUT2D eigenvalue weighted by Gasteiger charge is -2.03. The number of benzene rings is 1. The molecule has 0 amide bonds. The zero-order chi connectivity index (χ0) is 15.0. The first kappa shape index (κ1) is 15.1. The van der Waals surface area contributed by atoms with Crippen LogP contribution >= 0.6 is 43.2 Å². The summed E-state index contributed by atoms with van der Waals surface area (Å²) in [5.41, 5.74) is 2.79. The highest BCUT2D eigenvalue weighted by molar-refractivity contribution is 9.13. The van der Waals surface area contributed by atoms with Crippen molar-refractivity contribution in [3.8, 4) is 0 Å². The van der Waals surface area contributed by atoms with Crippen molar-refractivity contribution in [3.63, 3.8) is 0 Å². The van der Waals surface area contributed by atoms with Gasteiger partial charge in [0.15, 0.2) is 11.5 Å². The molecule has 3 aromatic rings. The Hall–Kier alpha value is -0.850. The van der Waals surface area contributed by atoms with Gasteiger partial charge >= 0.3 is 0 Å². The molecule has 0 fully saturated rings. The molecule has 6 heteroatoms. The number of rotatable bonds is 4. The van der Waals surface area contributed by atoms with E-state index in [1.54, 1.807) is 11.3 Å². The number of hydrogen-bond acceptors (Lipinski definition) is 4. The molecule has 110 valence electrons. The summed E-state index contributed by atoms with van der Waals surface area (Å²) in [6, 6.07) is 8.14. The number of thiophene rings is 1. The monoisotopic (exact) mass is 428 g/mol. The van der Waals surface area contributed by atoms with Crippen LogP contribution in [0.1, 0.15) is 30.5 Å². The van der Waals surface area contributed by atoms with Crippen LogP contribution in [0.15, 0.2) is 36.9 Å². The summed E-state index contributed by atoms with van der Waals surface area (Å²) in [5, 5.41) is 3.42. The topological polar surface area (TPSA) is 38.1 Å². The van der Waals surface area contributed by atoms with Gasteiger partial charge in [-0.3, -0.25) is 0 Å². The third-order valence-electron chi connectivity index (χ3n) is 3.06. The largest absolute Gasteiger partial charge is 0.440 e. The second kappa shape index (κ2) is 6.10. The molecule has 2 aromatic heterocycles. The van der Waals surface area contributed by atoms with Gasteiger partial charge < -0.3 is 9.73 Å². The number of nitrogens with one attached hydrogen (secondary N) is 1. The zero-order valence-corrected chi connectivity index (χ0v) is 15.6. The van der Waals surface area contributed by atoms with Gasteiger partial charge in [-0.1, -0.05) is 13.8 Å². The van der Waals surface area contributed by atoms with E-state index < -0.39 is 0 Å². The molecule has 0 atom stereocenters. The lowest BCUT2D eigenvalue weighted by atomic mass is 10.2. The van der Waals surface area contributed by atoms with E-state index in [1.807, 2.05) is 18.2 Å². The predicted molar refractivity (Wildman–Crippen MR) is 95.1 cm³/mol. The van der Waals surface area contributed by atoms with Gasteiger partial charge in [0.05, 0.1) is 3.79 Å². The Kier molecular flexibility index (Phi) is 4.38. The van der Waals surface area contributed by atoms with Crippen LogP contribution in [0.3, 0.4) is 0 Å². The van der Waals surface area contributed by atoms with Crippen LogP contribution in [-0.4, -0.2) is 4.98 Å². The fourth-order valence-electron chi connectivity index (χ4n) is 1.97. The number of nitrogens with zero attached hydrogens (tertiary/aromatic N) is 1. The Morgan fingerprint density at radius 1 is 1.29 bits per heavy atom. The van der Waals surface area contributed by atoms with Crippen molar-refractivity contribution in [3.05, 3.63) is 43.3 Å². The molecule has 0 radical (unpaired) electrons. The van der Waals surface area contributed by atoms with Crippen molar-refractivity contribution < 1.29 is 4.42 Å². The van der Waals surface area contributed by atoms with Crippen LogP contribution in [0.4, 0.5) is 5.69 Å². The van der Waals surface area contributed by atoms with Crippen molar-refractivity contribution >= 4 is 60.0 Å². The van der Waals surface area contributed by atoms with Crippen molar-refractivity contribution in [2.75, 3.05) is 5.32 Å². The highest BCUT2D eigenvalue weighted by atomic mass is 79.9. The van der Waals surface area contributed by atoms with Crippen molar-refractivity contribution in [1.29, 1.82) is 0 Å². The molecule has 1 N–H and O–H groups in total. The molecule has 0 aliphatic carbocycles. The van der Waals surface area contributed by atoms with E-state index in [0.717, 1.165) is 37.5 Å². The Bertz CT molecular complexity index is 760. The zero-order valence-electron chi connectivity index (χ0n) is 11.6. The molecule has 3 nitrogen and oxygen atoms in total. The Balaban J connectivity index is 1.77. The molecule has 2 heterocycles. The predicted octanol–water partition coefficient (Wildman–Crippen LogP) is 6.15. The fourth-order valence-corrected chi connectivity index (χ4v) is 4.09. The molecule has 0 unspecified atom stereocenters. The smallest absolute Gasteiger partial charge is 0.198 e. The maximum absolute atomic E-state index is 5.72. The number of anilines is 1. The van der Waals surface area contributed by atoms with E-state index >= 15 is 0 Å². The lowest BCUT2D eigenvalue weighted by Crippen LogP contribution is -1.96. The summed E-state index contributed by atoms with van der Waals surface area (Å²) in [6.45, 7) is 4.95. The average molecular weight is 430 g/mol. The van der Waals surface area contributed by atoms with Gasteiger partial charge in [0, 0.05) is 27.5 Å². The van der Waals surface area contributed by atoms with E-state index in [1.165, 1.54) is 4.88 Å². The first-order chi connectivity index (χ1) is 10.0. The molecule has 0 saturated heterocycles. The summed E-state index contributed by atoms with van der Waals surface area (Å²) in [7, 11) is 0. The SMILES string of the molecule is CC(C)c1nc2cc(NCc3cc(Br)c(Br)s3)ccc2o1. The summed E-state index contributed by atoms with van der Waals surface area (Å²) in [5.74, 6) is 1.09. The second-order valence-corrected chi connectivity index (χ2v) is 8.39. The minimum atomic E-state index is 0.301. The van der Waals surface area contributed by atoms with Gasteiger partial charge in [0.25, 0.3) is 0 Å². The van der Waals surface area contributed by atoms with E-state index in [4.69, 9.17) is 4.42 Å². The van der Waals surface area contributed by atoms with Crippen LogP contribution in [0, 0.1) is 0 Å². The third kappa shape index (κ3) is 3.33. The summed E-state index contributed by atoms with van der Waals surface area (Å²) in [6.07, 6.45) is 0. The average Bonchev–Trinajstić information content (AvgIpc) is 3.00. The van der Waals surface area contributed by atoms with Gasteiger partial charge in [0.1, 0.15) is 5.52 Å². The quantitative estimate of drug-likeness (QED) is 0.540. The van der Waals surface area contributed by atoms with E-state index in [-0.39, 0.29) is 0 Å². The lowest BCUT2D eigenvalue weighted by molar-refractivity contribution is 0.501. The molecule has 3 rings (SSSR count). The fraction of sp³-hybridized carbons (Fsp3) is 0.267. The minimum Gasteiger partial charge on any atom is -0.440 e. The summed E-state index contributed by atoms with van der Waals surface area (Å²) >= 11 is 8.74. The molecule has 21 heavy (non-hydrogen) atoms. The molecular weight excluding hydrogens is 416 g/mol. The van der Waals surface area contributed by atoms with Crippen LogP contribution < -0.4 is 5.32 Å². The normalized spacial score (nSPS) is 11.5. The number of halogens is 2. The second-order valence-electron chi connectivity index (χ2n) is 5.08. The summed E-state index contributed by atoms with van der Waals surface area (Å²) in [4.78, 5) is 5.79. The Morgan fingerprint density at radius 2 is 2.10 bits per heavy atom. The van der Waals surface area contributed by atoms with Crippen LogP contribution in [0.5, 0.6) is 0 Å². The number of aromatic nitrogens is 1. The molecule has 0 spiro atoms. The first-order valence-electron chi connectivity index (χ1n) is 6.61. The summed E-state index contributed by atoms with van der Waals surface area (Å²) < 4.78 is 7.93. The first-order valence-corrected chi connectivity index (χ1v) is 9.01. The van der Waals surface area contributed by atoms with Gasteiger partial charge in [-0.05, 0) is 56.1 Å². The molecule has 0 aliphatic rings. The Labute approximate surface area is 144 Å². The van der Waals surface area contributed by atoms with Gasteiger partial charge in [0.2, 0.25) is 0 Å². The third-order valence-corrected chi connectivity index (χ3v) is 6.32. The molecule has 0 aliphatic heterocycles.